The van der Waals surface area contributed by atoms with Crippen molar-refractivity contribution < 1.29 is 24.5 Å². The third-order valence-electron chi connectivity index (χ3n) is 1.77. The summed E-state index contributed by atoms with van der Waals surface area (Å²) >= 11 is 0. The van der Waals surface area contributed by atoms with E-state index in [0.29, 0.717) is 6.29 Å². The van der Waals surface area contributed by atoms with Gasteiger partial charge in [-0.05, 0) is 13.0 Å². The van der Waals surface area contributed by atoms with Gasteiger partial charge in [0.15, 0.2) is 6.29 Å². The average molecular weight is 210 g/mol. The number of carbonyl (C=O) groups is 2. The molecule has 0 aliphatic heterocycles. The highest BCUT2D eigenvalue weighted by Crippen LogP contribution is 2.26. The van der Waals surface area contributed by atoms with E-state index >= 15 is 0 Å². The Morgan fingerprint density at radius 3 is 2.60 bits per heavy atom. The molecular weight excluding hydrogens is 200 g/mol. The minimum absolute atomic E-state index is 0.0733. The SMILES string of the molecule is CCOC(=O)c1cc(C=O)c(O)cc1O. The van der Waals surface area contributed by atoms with Gasteiger partial charge in [-0.3, -0.25) is 4.79 Å². The second kappa shape index (κ2) is 4.45. The summed E-state index contributed by atoms with van der Waals surface area (Å²) in [5.41, 5.74) is -0.215. The van der Waals surface area contributed by atoms with Crippen LogP contribution in [-0.4, -0.2) is 29.1 Å². The summed E-state index contributed by atoms with van der Waals surface area (Å²) in [4.78, 5) is 21.7. The fraction of sp³-hybridized carbons (Fsp3) is 0.200. The normalized spacial score (nSPS) is 9.67. The minimum atomic E-state index is -0.738. The summed E-state index contributed by atoms with van der Waals surface area (Å²) in [6, 6.07) is 2.01. The van der Waals surface area contributed by atoms with Gasteiger partial charge >= 0.3 is 5.97 Å². The number of aromatic hydroxyl groups is 2. The van der Waals surface area contributed by atoms with Crippen molar-refractivity contribution in [2.45, 2.75) is 6.92 Å². The van der Waals surface area contributed by atoms with E-state index in [1.165, 1.54) is 0 Å². The quantitative estimate of drug-likeness (QED) is 0.576. The predicted molar refractivity (Wildman–Crippen MR) is 51.1 cm³/mol. The number of ether oxygens (including phenoxy) is 1. The molecule has 1 rings (SSSR count). The van der Waals surface area contributed by atoms with Crippen LogP contribution in [0.15, 0.2) is 12.1 Å². The number of phenols is 2. The Hall–Kier alpha value is -2.04. The van der Waals surface area contributed by atoms with Crippen LogP contribution in [0.5, 0.6) is 11.5 Å². The zero-order chi connectivity index (χ0) is 11.4. The van der Waals surface area contributed by atoms with Crippen LogP contribution in [-0.2, 0) is 4.74 Å². The molecule has 0 aliphatic carbocycles. The molecule has 0 unspecified atom stereocenters. The lowest BCUT2D eigenvalue weighted by molar-refractivity contribution is 0.0523. The summed E-state index contributed by atoms with van der Waals surface area (Å²) in [7, 11) is 0. The molecule has 1 aromatic rings. The first kappa shape index (κ1) is 11.0. The molecule has 5 nitrogen and oxygen atoms in total. The minimum Gasteiger partial charge on any atom is -0.507 e. The number of aldehydes is 1. The molecule has 15 heavy (non-hydrogen) atoms. The van der Waals surface area contributed by atoms with E-state index in [4.69, 9.17) is 0 Å². The van der Waals surface area contributed by atoms with Gasteiger partial charge in [0.05, 0.1) is 12.2 Å². The number of hydrogen-bond acceptors (Lipinski definition) is 5. The molecule has 0 atom stereocenters. The van der Waals surface area contributed by atoms with E-state index in [2.05, 4.69) is 4.74 Å². The Morgan fingerprint density at radius 2 is 2.07 bits per heavy atom. The molecule has 0 radical (unpaired) electrons. The fourth-order valence-electron chi connectivity index (χ4n) is 1.06. The highest BCUT2D eigenvalue weighted by molar-refractivity contribution is 5.95. The monoisotopic (exact) mass is 210 g/mol. The van der Waals surface area contributed by atoms with Crippen LogP contribution in [0.3, 0.4) is 0 Å². The molecule has 0 spiro atoms. The lowest BCUT2D eigenvalue weighted by atomic mass is 10.1. The molecule has 0 bridgehead atoms. The molecule has 2 N–H and O–H groups in total. The largest absolute Gasteiger partial charge is 0.507 e. The first-order chi connectivity index (χ1) is 7.10. The Morgan fingerprint density at radius 1 is 1.40 bits per heavy atom. The van der Waals surface area contributed by atoms with E-state index in [0.717, 1.165) is 12.1 Å². The van der Waals surface area contributed by atoms with Gasteiger partial charge in [-0.25, -0.2) is 4.79 Å². The molecule has 0 aromatic heterocycles. The maximum atomic E-state index is 11.3. The molecule has 80 valence electrons. The number of hydrogen-bond donors (Lipinski definition) is 2. The first-order valence-corrected chi connectivity index (χ1v) is 4.28. The number of benzene rings is 1. The zero-order valence-electron chi connectivity index (χ0n) is 8.06. The van der Waals surface area contributed by atoms with Crippen molar-refractivity contribution in [3.8, 4) is 11.5 Å². The molecule has 0 amide bonds. The van der Waals surface area contributed by atoms with E-state index in [1.807, 2.05) is 0 Å². The first-order valence-electron chi connectivity index (χ1n) is 4.28. The number of rotatable bonds is 3. The van der Waals surface area contributed by atoms with Crippen LogP contribution in [0.25, 0.3) is 0 Å². The van der Waals surface area contributed by atoms with Crippen LogP contribution < -0.4 is 0 Å². The number of carbonyl (C=O) groups excluding carboxylic acids is 2. The van der Waals surface area contributed by atoms with Crippen molar-refractivity contribution >= 4 is 12.3 Å². The van der Waals surface area contributed by atoms with Crippen LogP contribution >= 0.6 is 0 Å². The van der Waals surface area contributed by atoms with Crippen LogP contribution in [0.1, 0.15) is 27.6 Å². The zero-order valence-corrected chi connectivity index (χ0v) is 8.06. The Labute approximate surface area is 85.9 Å². The van der Waals surface area contributed by atoms with Crippen LogP contribution in [0.2, 0.25) is 0 Å². The summed E-state index contributed by atoms with van der Waals surface area (Å²) < 4.78 is 4.65. The highest BCUT2D eigenvalue weighted by atomic mass is 16.5. The lowest BCUT2D eigenvalue weighted by Gasteiger charge is -2.05. The van der Waals surface area contributed by atoms with Gasteiger partial charge in [0, 0.05) is 6.07 Å². The van der Waals surface area contributed by atoms with Gasteiger partial charge in [0.25, 0.3) is 0 Å². The van der Waals surface area contributed by atoms with Gasteiger partial charge in [0.1, 0.15) is 17.1 Å². The highest BCUT2D eigenvalue weighted by Gasteiger charge is 2.15. The van der Waals surface area contributed by atoms with Crippen molar-refractivity contribution in [3.05, 3.63) is 23.3 Å². The van der Waals surface area contributed by atoms with Crippen LogP contribution in [0, 0.1) is 0 Å². The molecule has 0 fully saturated rings. The van der Waals surface area contributed by atoms with Crippen molar-refractivity contribution in [2.75, 3.05) is 6.61 Å². The average Bonchev–Trinajstić information content (AvgIpc) is 2.18. The van der Waals surface area contributed by atoms with Gasteiger partial charge in [-0.15, -0.1) is 0 Å². The summed E-state index contributed by atoms with van der Waals surface area (Å²) in [5, 5.41) is 18.5. The fourth-order valence-corrected chi connectivity index (χ4v) is 1.06. The third kappa shape index (κ3) is 2.25. The van der Waals surface area contributed by atoms with E-state index < -0.39 is 11.7 Å². The van der Waals surface area contributed by atoms with Crippen LogP contribution in [0.4, 0.5) is 0 Å². The maximum absolute atomic E-state index is 11.3. The third-order valence-corrected chi connectivity index (χ3v) is 1.77. The Bertz CT molecular complexity index is 397. The molecule has 0 saturated heterocycles. The Kier molecular flexibility index (Phi) is 3.28. The smallest absolute Gasteiger partial charge is 0.341 e. The standard InChI is InChI=1S/C10H10O5/c1-2-15-10(14)7-3-6(5-11)8(12)4-9(7)13/h3-5,12-13H,2H2,1H3. The van der Waals surface area contributed by atoms with Gasteiger partial charge in [-0.1, -0.05) is 0 Å². The topological polar surface area (TPSA) is 83.8 Å². The second-order valence-electron chi connectivity index (χ2n) is 2.77. The Balaban J connectivity index is 3.18. The van der Waals surface area contributed by atoms with Crippen molar-refractivity contribution in [3.63, 3.8) is 0 Å². The molecule has 0 aliphatic rings. The number of esters is 1. The maximum Gasteiger partial charge on any atom is 0.341 e. The summed E-state index contributed by atoms with van der Waals surface area (Å²) in [5.74, 6) is -1.54. The molecule has 0 saturated carbocycles. The molecule has 5 heteroatoms. The summed E-state index contributed by atoms with van der Waals surface area (Å²) in [6.45, 7) is 1.78. The lowest BCUT2D eigenvalue weighted by Crippen LogP contribution is -2.05. The van der Waals surface area contributed by atoms with E-state index in [-0.39, 0.29) is 23.5 Å². The van der Waals surface area contributed by atoms with Crippen molar-refractivity contribution in [1.29, 1.82) is 0 Å². The second-order valence-corrected chi connectivity index (χ2v) is 2.77. The molecular formula is C10H10O5. The van der Waals surface area contributed by atoms with Crippen molar-refractivity contribution in [2.24, 2.45) is 0 Å². The van der Waals surface area contributed by atoms with Gasteiger partial charge in [0.2, 0.25) is 0 Å². The van der Waals surface area contributed by atoms with Gasteiger partial charge in [-0.2, -0.15) is 0 Å². The number of phenolic OH excluding ortho intramolecular Hbond substituents is 2. The molecule has 0 heterocycles. The van der Waals surface area contributed by atoms with Crippen molar-refractivity contribution in [1.82, 2.24) is 0 Å². The summed E-state index contributed by atoms with van der Waals surface area (Å²) in [6.07, 6.45) is 0.386. The predicted octanol–water partition coefficient (Wildman–Crippen LogP) is 1.09. The van der Waals surface area contributed by atoms with Gasteiger partial charge < -0.3 is 14.9 Å². The molecule has 1 aromatic carbocycles. The van der Waals surface area contributed by atoms with E-state index in [9.17, 15) is 19.8 Å². The van der Waals surface area contributed by atoms with E-state index in [1.54, 1.807) is 6.92 Å².